The number of benzene rings is 3. The van der Waals surface area contributed by atoms with Gasteiger partial charge in [-0.1, -0.05) is 63.0 Å². The van der Waals surface area contributed by atoms with Gasteiger partial charge in [-0.3, -0.25) is 4.90 Å². The first-order valence-electron chi connectivity index (χ1n) is 21.0. The predicted octanol–water partition coefficient (Wildman–Crippen LogP) is 9.69. The highest BCUT2D eigenvalue weighted by atomic mass is 28.3. The lowest BCUT2D eigenvalue weighted by atomic mass is 9.96. The highest BCUT2D eigenvalue weighted by Gasteiger charge is 2.41. The first kappa shape index (κ1) is 43.0. The summed E-state index contributed by atoms with van der Waals surface area (Å²) in [5, 5.41) is 6.09. The van der Waals surface area contributed by atoms with Crippen LogP contribution in [0.25, 0.3) is 33.5 Å². The number of aryl methyl sites for hydroxylation is 1. The minimum absolute atomic E-state index is 0.0549. The molecule has 0 aliphatic carbocycles. The Morgan fingerprint density at radius 3 is 2.50 bits per heavy atom. The van der Waals surface area contributed by atoms with Gasteiger partial charge in [0.05, 0.1) is 30.6 Å². The Kier molecular flexibility index (Phi) is 12.8. The second-order valence-electron chi connectivity index (χ2n) is 17.9. The van der Waals surface area contributed by atoms with E-state index >= 15 is 4.39 Å². The third-order valence-electron chi connectivity index (χ3n) is 11.0. The van der Waals surface area contributed by atoms with Crippen LogP contribution in [0.2, 0.25) is 25.7 Å². The number of aromatic nitrogens is 4. The van der Waals surface area contributed by atoms with Crippen molar-refractivity contribution < 1.29 is 37.7 Å². The van der Waals surface area contributed by atoms with E-state index in [4.69, 9.17) is 33.8 Å². The fourth-order valence-corrected chi connectivity index (χ4v) is 8.52. The standard InChI is InChI=1S/C46H58FN5O7Si/c1-9-31-24-40(58-28-30-15-11-10-12-16-30)35(47)25-34(31)32-18-19-33-37(23-32)52(41-17-13-14-20-57-41)49-42(33)43-48-36-26-38(44(53)55-5)50(45(54)59-46(2,3)4)27-39(36)51(43)29-56-21-22-60(6,7)8/h10-12,15-16,18-19,23-25,38,41H,9,13-14,17,20-22,26-29H2,1-8H3/t38-,41?/m0/s1. The molecule has 1 saturated heterocycles. The summed E-state index contributed by atoms with van der Waals surface area (Å²) in [6.07, 6.45) is 2.58. The van der Waals surface area contributed by atoms with E-state index in [1.807, 2.05) is 51.7 Å². The number of halogens is 1. The molecule has 1 unspecified atom stereocenters. The van der Waals surface area contributed by atoms with Gasteiger partial charge in [-0.25, -0.2) is 23.6 Å². The van der Waals surface area contributed by atoms with Crippen molar-refractivity contribution in [2.45, 2.75) is 123 Å². The van der Waals surface area contributed by atoms with Crippen LogP contribution in [0, 0.1) is 5.82 Å². The van der Waals surface area contributed by atoms with Gasteiger partial charge in [-0.2, -0.15) is 5.10 Å². The molecule has 14 heteroatoms. The van der Waals surface area contributed by atoms with E-state index in [1.54, 1.807) is 32.9 Å². The van der Waals surface area contributed by atoms with Gasteiger partial charge in [0, 0.05) is 33.1 Å². The Labute approximate surface area is 352 Å². The SMILES string of the molecule is CCc1cc(OCc2ccccc2)c(F)cc1-c1ccc2c(-c3nc4c(n3COCC[Si](C)(C)C)CN(C(=O)OC(C)(C)C)[C@H](C(=O)OC)C4)nn(C3CCCCO3)c2c1. The quantitative estimate of drug-likeness (QED) is 0.0649. The third-order valence-corrected chi connectivity index (χ3v) is 12.7. The molecule has 7 rings (SSSR count). The second kappa shape index (κ2) is 17.9. The molecule has 1 amide bonds. The van der Waals surface area contributed by atoms with Crippen molar-refractivity contribution >= 4 is 31.0 Å². The summed E-state index contributed by atoms with van der Waals surface area (Å²) in [5.74, 6) is -0.221. The molecular formula is C46H58FN5O7Si. The maximum atomic E-state index is 15.8. The number of nitrogens with zero attached hydrogens (tertiary/aromatic N) is 5. The summed E-state index contributed by atoms with van der Waals surface area (Å²) in [6, 6.07) is 19.2. The number of hydrogen-bond acceptors (Lipinski definition) is 9. The molecule has 4 heterocycles. The molecule has 2 atom stereocenters. The van der Waals surface area contributed by atoms with Crippen molar-refractivity contribution in [2.75, 3.05) is 20.3 Å². The lowest BCUT2D eigenvalue weighted by Gasteiger charge is -2.35. The molecule has 2 aliphatic heterocycles. The lowest BCUT2D eigenvalue weighted by Crippen LogP contribution is -2.51. The zero-order valence-electron chi connectivity index (χ0n) is 36.2. The molecule has 2 aliphatic rings. The monoisotopic (exact) mass is 839 g/mol. The van der Waals surface area contributed by atoms with Gasteiger partial charge in [0.1, 0.15) is 30.7 Å². The molecule has 2 aromatic heterocycles. The summed E-state index contributed by atoms with van der Waals surface area (Å²) in [6.45, 7) is 16.0. The van der Waals surface area contributed by atoms with Crippen LogP contribution in [0.3, 0.4) is 0 Å². The largest absolute Gasteiger partial charge is 0.486 e. The molecule has 0 bridgehead atoms. The van der Waals surface area contributed by atoms with Crippen molar-refractivity contribution in [1.82, 2.24) is 24.2 Å². The van der Waals surface area contributed by atoms with E-state index in [9.17, 15) is 9.59 Å². The van der Waals surface area contributed by atoms with Gasteiger partial charge in [0.15, 0.2) is 23.6 Å². The number of imidazole rings is 1. The number of ether oxygens (including phenoxy) is 5. The van der Waals surface area contributed by atoms with Crippen molar-refractivity contribution in [3.8, 4) is 28.4 Å². The van der Waals surface area contributed by atoms with Gasteiger partial charge in [0.25, 0.3) is 0 Å². The van der Waals surface area contributed by atoms with E-state index in [2.05, 4.69) is 32.6 Å². The Balaban J connectivity index is 1.33. The van der Waals surface area contributed by atoms with Gasteiger partial charge < -0.3 is 28.3 Å². The number of methoxy groups -OCH3 is 1. The molecule has 320 valence electrons. The Bertz CT molecular complexity index is 2330. The number of carbonyl (C=O) groups is 2. The van der Waals surface area contributed by atoms with Crippen LogP contribution < -0.4 is 4.74 Å². The topological polar surface area (TPSA) is 119 Å². The first-order valence-corrected chi connectivity index (χ1v) is 24.7. The first-order chi connectivity index (χ1) is 28.6. The molecule has 3 aromatic carbocycles. The van der Waals surface area contributed by atoms with Crippen molar-refractivity contribution in [2.24, 2.45) is 0 Å². The van der Waals surface area contributed by atoms with E-state index in [0.717, 1.165) is 64.2 Å². The van der Waals surface area contributed by atoms with E-state index < -0.39 is 37.6 Å². The number of hydrogen-bond donors (Lipinski definition) is 0. The molecule has 1 fully saturated rings. The van der Waals surface area contributed by atoms with E-state index in [0.29, 0.717) is 36.8 Å². The van der Waals surface area contributed by atoms with Gasteiger partial charge >= 0.3 is 12.1 Å². The number of fused-ring (bicyclic) bond motifs is 2. The fourth-order valence-electron chi connectivity index (χ4n) is 7.76. The van der Waals surface area contributed by atoms with Gasteiger partial charge in [-0.15, -0.1) is 0 Å². The maximum Gasteiger partial charge on any atom is 0.411 e. The fraction of sp³-hybridized carbons (Fsp3) is 0.478. The molecular weight excluding hydrogens is 782 g/mol. The van der Waals surface area contributed by atoms with Gasteiger partial charge in [0.2, 0.25) is 0 Å². The van der Waals surface area contributed by atoms with Crippen molar-refractivity contribution in [1.29, 1.82) is 0 Å². The molecule has 12 nitrogen and oxygen atoms in total. The Hall–Kier alpha value is -5.05. The zero-order valence-corrected chi connectivity index (χ0v) is 37.2. The van der Waals surface area contributed by atoms with Crippen LogP contribution >= 0.6 is 0 Å². The van der Waals surface area contributed by atoms with Crippen LogP contribution in [0.5, 0.6) is 5.75 Å². The van der Waals surface area contributed by atoms with E-state index in [1.165, 1.54) is 12.0 Å². The predicted molar refractivity (Wildman–Crippen MR) is 231 cm³/mol. The molecule has 60 heavy (non-hydrogen) atoms. The summed E-state index contributed by atoms with van der Waals surface area (Å²) in [7, 11) is -0.0954. The zero-order chi connectivity index (χ0) is 42.8. The summed E-state index contributed by atoms with van der Waals surface area (Å²) < 4.78 is 49.4. The minimum Gasteiger partial charge on any atom is -0.486 e. The lowest BCUT2D eigenvalue weighted by molar-refractivity contribution is -0.147. The molecule has 5 aromatic rings. The normalized spacial score (nSPS) is 17.1. The molecule has 0 saturated carbocycles. The Morgan fingerprint density at radius 1 is 1.03 bits per heavy atom. The summed E-state index contributed by atoms with van der Waals surface area (Å²) in [5.41, 5.74) is 5.55. The van der Waals surface area contributed by atoms with Crippen LogP contribution in [-0.2, 0) is 56.5 Å². The molecule has 0 radical (unpaired) electrons. The second-order valence-corrected chi connectivity index (χ2v) is 23.5. The van der Waals surface area contributed by atoms with Gasteiger partial charge in [-0.05, 0) is 99.0 Å². The van der Waals surface area contributed by atoms with Crippen LogP contribution in [-0.4, -0.2) is 76.3 Å². The van der Waals surface area contributed by atoms with Crippen molar-refractivity contribution in [3.05, 3.63) is 89.0 Å². The number of amides is 1. The smallest absolute Gasteiger partial charge is 0.411 e. The summed E-state index contributed by atoms with van der Waals surface area (Å²) >= 11 is 0. The van der Waals surface area contributed by atoms with Crippen LogP contribution in [0.15, 0.2) is 60.7 Å². The average molecular weight is 840 g/mol. The highest BCUT2D eigenvalue weighted by Crippen LogP contribution is 2.39. The Morgan fingerprint density at radius 2 is 1.82 bits per heavy atom. The van der Waals surface area contributed by atoms with E-state index in [-0.39, 0.29) is 38.3 Å². The molecule has 0 N–H and O–H groups in total. The summed E-state index contributed by atoms with van der Waals surface area (Å²) in [4.78, 5) is 33.5. The number of esters is 1. The number of carbonyl (C=O) groups excluding carboxylic acids is 2. The highest BCUT2D eigenvalue weighted by molar-refractivity contribution is 6.76. The van der Waals surface area contributed by atoms with Crippen LogP contribution in [0.1, 0.15) is 75.7 Å². The third kappa shape index (κ3) is 9.61. The minimum atomic E-state index is -1.41. The van der Waals surface area contributed by atoms with Crippen molar-refractivity contribution in [3.63, 3.8) is 0 Å². The number of rotatable bonds is 13. The maximum absolute atomic E-state index is 15.8. The molecule has 0 spiro atoms. The average Bonchev–Trinajstić information content (AvgIpc) is 3.78. The van der Waals surface area contributed by atoms with Crippen LogP contribution in [0.4, 0.5) is 9.18 Å².